The number of rotatable bonds is 10. The predicted octanol–water partition coefficient (Wildman–Crippen LogP) is 23.0. The molecule has 5 heterocycles. The lowest BCUT2D eigenvalue weighted by Gasteiger charge is -2.14. The van der Waals surface area contributed by atoms with E-state index < -0.39 is 0 Å². The van der Waals surface area contributed by atoms with E-state index in [4.69, 9.17) is 19.9 Å². The molecule has 17 aromatic rings. The van der Waals surface area contributed by atoms with E-state index in [1.807, 2.05) is 58.3 Å². The molecule has 406 valence electrons. The summed E-state index contributed by atoms with van der Waals surface area (Å²) in [5, 5.41) is 7.62. The van der Waals surface area contributed by atoms with Crippen LogP contribution < -0.4 is 0 Å². The zero-order chi connectivity index (χ0) is 57.4. The molecule has 4 nitrogen and oxygen atoms in total. The van der Waals surface area contributed by atoms with Crippen molar-refractivity contribution < 1.29 is 0 Å². The molecule has 0 aliphatic carbocycles. The largest absolute Gasteiger partial charge is 0.228 e. The van der Waals surface area contributed by atoms with E-state index in [0.717, 1.165) is 101 Å². The highest BCUT2D eigenvalue weighted by Crippen LogP contribution is 2.44. The molecule has 0 radical (unpaired) electrons. The number of hydrogen-bond acceptors (Lipinski definition) is 7. The van der Waals surface area contributed by atoms with Gasteiger partial charge in [0, 0.05) is 93.9 Å². The highest BCUT2D eigenvalue weighted by Gasteiger charge is 2.19. The van der Waals surface area contributed by atoms with Gasteiger partial charge in [-0.2, -0.15) is 0 Å². The van der Waals surface area contributed by atoms with E-state index in [1.165, 1.54) is 60.5 Å². The fraction of sp³-hybridized carbons (Fsp3) is 0. The number of hydrogen-bond donors (Lipinski definition) is 0. The number of thiophene rings is 3. The van der Waals surface area contributed by atoms with Crippen LogP contribution in [0.25, 0.3) is 173 Å². The van der Waals surface area contributed by atoms with Gasteiger partial charge >= 0.3 is 0 Å². The van der Waals surface area contributed by atoms with Gasteiger partial charge in [-0.05, 0) is 148 Å². The lowest BCUT2D eigenvalue weighted by atomic mass is 9.93. The standard InChI is InChI=1S/C80H48N4S3/c1-4-16-50(17-5-1)69-47-71(83-79(81-69)52-20-8-3-9-21-52)61-40-57(38-58(41-61)54-32-35-76-66(44-54)63-22-10-13-25-73(63)85-76)49-28-30-53(31-29-49)80-82-70(51-18-6-2-7-19-51)48-72(84-80)62-42-59(55-33-36-77-67(45-55)64-23-11-14-26-74(64)86-77)39-60(43-62)56-34-37-78-68(46-56)65-24-12-15-27-75(65)87-78/h1-48H. The first-order valence-corrected chi connectivity index (χ1v) is 31.6. The summed E-state index contributed by atoms with van der Waals surface area (Å²) in [5.41, 5.74) is 18.3. The quantitative estimate of drug-likeness (QED) is 0.137. The van der Waals surface area contributed by atoms with Crippen LogP contribution in [0, 0.1) is 0 Å². The van der Waals surface area contributed by atoms with Gasteiger partial charge in [0.25, 0.3) is 0 Å². The molecule has 0 aliphatic heterocycles. The van der Waals surface area contributed by atoms with Gasteiger partial charge < -0.3 is 0 Å². The lowest BCUT2D eigenvalue weighted by Crippen LogP contribution is -1.97. The fourth-order valence-electron chi connectivity index (χ4n) is 12.3. The third-order valence-electron chi connectivity index (χ3n) is 16.7. The molecular formula is C80H48N4S3. The Kier molecular flexibility index (Phi) is 12.4. The average molecular weight is 1160 g/mol. The molecule has 0 unspecified atom stereocenters. The molecule has 0 bridgehead atoms. The minimum absolute atomic E-state index is 0.649. The van der Waals surface area contributed by atoms with Crippen molar-refractivity contribution in [2.24, 2.45) is 0 Å². The molecule has 0 N–H and O–H groups in total. The van der Waals surface area contributed by atoms with Crippen LogP contribution in [0.3, 0.4) is 0 Å². The Morgan fingerprint density at radius 3 is 0.805 bits per heavy atom. The predicted molar refractivity (Wildman–Crippen MR) is 371 cm³/mol. The normalized spacial score (nSPS) is 11.7. The van der Waals surface area contributed by atoms with E-state index in [1.54, 1.807) is 0 Å². The Balaban J connectivity index is 0.815. The molecule has 12 aromatic carbocycles. The maximum Gasteiger partial charge on any atom is 0.160 e. The highest BCUT2D eigenvalue weighted by atomic mass is 32.1. The Morgan fingerprint density at radius 1 is 0.161 bits per heavy atom. The van der Waals surface area contributed by atoms with E-state index in [-0.39, 0.29) is 0 Å². The maximum absolute atomic E-state index is 5.53. The van der Waals surface area contributed by atoms with Crippen LogP contribution in [-0.4, -0.2) is 19.9 Å². The van der Waals surface area contributed by atoms with Crippen molar-refractivity contribution >= 4 is 94.5 Å². The van der Waals surface area contributed by atoms with Gasteiger partial charge in [0.2, 0.25) is 0 Å². The molecular weight excluding hydrogens is 1110 g/mol. The van der Waals surface area contributed by atoms with Crippen LogP contribution in [0.4, 0.5) is 0 Å². The molecule has 87 heavy (non-hydrogen) atoms. The van der Waals surface area contributed by atoms with E-state index in [0.29, 0.717) is 11.6 Å². The summed E-state index contributed by atoms with van der Waals surface area (Å²) in [5.74, 6) is 1.33. The minimum atomic E-state index is 0.649. The van der Waals surface area contributed by atoms with Gasteiger partial charge in [0.05, 0.1) is 22.8 Å². The van der Waals surface area contributed by atoms with Crippen LogP contribution in [0.1, 0.15) is 0 Å². The minimum Gasteiger partial charge on any atom is -0.228 e. The topological polar surface area (TPSA) is 51.6 Å². The molecule has 0 spiro atoms. The second kappa shape index (κ2) is 21.2. The van der Waals surface area contributed by atoms with Crippen molar-refractivity contribution in [1.29, 1.82) is 0 Å². The Hall–Kier alpha value is -10.5. The van der Waals surface area contributed by atoms with Crippen LogP contribution in [-0.2, 0) is 0 Å². The first kappa shape index (κ1) is 50.9. The highest BCUT2D eigenvalue weighted by molar-refractivity contribution is 7.26. The lowest BCUT2D eigenvalue weighted by molar-refractivity contribution is 1.18. The van der Waals surface area contributed by atoms with Crippen LogP contribution in [0.5, 0.6) is 0 Å². The molecule has 0 saturated carbocycles. The van der Waals surface area contributed by atoms with Crippen molar-refractivity contribution in [3.05, 3.63) is 291 Å². The SMILES string of the molecule is c1ccc(-c2cc(-c3cc(-c4ccc(-c5nc(-c6ccccc6)cc(-c6cc(-c7ccc8sc9ccccc9c8c7)cc(-c7ccc8sc9ccccc9c8c7)c6)n5)cc4)cc(-c4ccc5sc6ccccc6c5c4)c3)nc(-c3ccccc3)n2)cc1. The Bertz CT molecular complexity index is 5320. The van der Waals surface area contributed by atoms with E-state index in [9.17, 15) is 0 Å². The number of fused-ring (bicyclic) bond motifs is 9. The van der Waals surface area contributed by atoms with E-state index >= 15 is 0 Å². The number of benzene rings is 12. The van der Waals surface area contributed by atoms with Gasteiger partial charge in [-0.1, -0.05) is 188 Å². The fourth-order valence-corrected chi connectivity index (χ4v) is 15.6. The van der Waals surface area contributed by atoms with Crippen molar-refractivity contribution in [3.8, 4) is 112 Å². The number of aromatic nitrogens is 4. The van der Waals surface area contributed by atoms with Crippen LogP contribution in [0.15, 0.2) is 291 Å². The summed E-state index contributed by atoms with van der Waals surface area (Å²) >= 11 is 5.53. The molecule has 0 fully saturated rings. The number of nitrogens with zero attached hydrogens (tertiary/aromatic N) is 4. The smallest absolute Gasteiger partial charge is 0.160 e. The molecule has 0 amide bonds. The summed E-state index contributed by atoms with van der Waals surface area (Å²) in [6.07, 6.45) is 0. The van der Waals surface area contributed by atoms with Gasteiger partial charge in [-0.3, -0.25) is 0 Å². The summed E-state index contributed by atoms with van der Waals surface area (Å²) in [4.78, 5) is 21.4. The monoisotopic (exact) mass is 1160 g/mol. The first-order chi connectivity index (χ1) is 43.0. The molecule has 7 heteroatoms. The molecule has 17 rings (SSSR count). The Labute approximate surface area is 514 Å². The van der Waals surface area contributed by atoms with E-state index in [2.05, 4.69) is 267 Å². The zero-order valence-corrected chi connectivity index (χ0v) is 49.2. The zero-order valence-electron chi connectivity index (χ0n) is 46.7. The summed E-state index contributed by atoms with van der Waals surface area (Å²) < 4.78 is 7.70. The second-order valence-corrected chi connectivity index (χ2v) is 25.4. The third-order valence-corrected chi connectivity index (χ3v) is 20.1. The molecule has 0 atom stereocenters. The summed E-state index contributed by atoms with van der Waals surface area (Å²) in [7, 11) is 0. The Morgan fingerprint density at radius 2 is 0.425 bits per heavy atom. The molecule has 0 aliphatic rings. The van der Waals surface area contributed by atoms with Crippen molar-refractivity contribution in [3.63, 3.8) is 0 Å². The summed E-state index contributed by atoms with van der Waals surface area (Å²) in [6.45, 7) is 0. The van der Waals surface area contributed by atoms with Gasteiger partial charge in [0.1, 0.15) is 0 Å². The average Bonchev–Trinajstić information content (AvgIpc) is 3.64. The second-order valence-electron chi connectivity index (χ2n) is 22.1. The maximum atomic E-state index is 5.53. The van der Waals surface area contributed by atoms with Gasteiger partial charge in [0.15, 0.2) is 11.6 Å². The molecule has 0 saturated heterocycles. The first-order valence-electron chi connectivity index (χ1n) is 29.1. The van der Waals surface area contributed by atoms with Crippen molar-refractivity contribution in [2.45, 2.75) is 0 Å². The van der Waals surface area contributed by atoms with Crippen LogP contribution >= 0.6 is 34.0 Å². The van der Waals surface area contributed by atoms with Crippen LogP contribution in [0.2, 0.25) is 0 Å². The third kappa shape index (κ3) is 9.46. The summed E-state index contributed by atoms with van der Waals surface area (Å²) in [6, 6.07) is 105. The van der Waals surface area contributed by atoms with Gasteiger partial charge in [-0.25, -0.2) is 19.9 Å². The van der Waals surface area contributed by atoms with Crippen molar-refractivity contribution in [2.75, 3.05) is 0 Å². The van der Waals surface area contributed by atoms with Crippen molar-refractivity contribution in [1.82, 2.24) is 19.9 Å². The van der Waals surface area contributed by atoms with Gasteiger partial charge in [-0.15, -0.1) is 34.0 Å². The molecule has 5 aromatic heterocycles.